The van der Waals surface area contributed by atoms with Gasteiger partial charge in [-0.05, 0) is 0 Å². The number of hydrogen-bond acceptors (Lipinski definition) is 9. The van der Waals surface area contributed by atoms with Crippen LogP contribution in [0.15, 0.2) is 30.3 Å². The molecule has 0 aliphatic carbocycles. The van der Waals surface area contributed by atoms with Crippen molar-refractivity contribution in [3.8, 4) is 0 Å². The maximum atomic E-state index is 12.2. The Morgan fingerprint density at radius 3 is 0.569 bits per heavy atom. The van der Waals surface area contributed by atoms with E-state index in [4.69, 9.17) is 0 Å². The third-order valence-corrected chi connectivity index (χ3v) is 8.67. The van der Waals surface area contributed by atoms with Gasteiger partial charge in [-0.15, -0.1) is 0 Å². The Morgan fingerprint density at radius 1 is 0.328 bits per heavy atom. The molecule has 0 aliphatic heterocycles. The molecule has 0 radical (unpaired) electrons. The Hall–Kier alpha value is -2.14. The molecule has 1 aromatic rings. The maximum absolute atomic E-state index is 12.2. The Labute approximate surface area is 313 Å². The van der Waals surface area contributed by atoms with Gasteiger partial charge in [0.25, 0.3) is 0 Å². The summed E-state index contributed by atoms with van der Waals surface area (Å²) in [6.07, 6.45) is -21.5. The molecule has 0 bridgehead atoms. The molecule has 9 nitrogen and oxygen atoms in total. The van der Waals surface area contributed by atoms with E-state index in [9.17, 15) is 157 Å². The topological polar surface area (TPSA) is 172 Å². The van der Waals surface area contributed by atoms with Crippen molar-refractivity contribution < 1.29 is 157 Å². The van der Waals surface area contributed by atoms with E-state index in [1.54, 1.807) is 0 Å². The average Bonchev–Trinajstić information content (AvgIpc) is 2.94. The summed E-state index contributed by atoms with van der Waals surface area (Å²) in [5.74, 6) is -44.5. The second-order valence-electron chi connectivity index (χ2n) is 9.22. The first kappa shape index (κ1) is 60.2. The summed E-state index contributed by atoms with van der Waals surface area (Å²) in [5.41, 5.74) is 0. The SMILES string of the molecule is O=S(=O)([O-])C(F)(F)C(F)(F)C(F)(F)C(F)(F)F.O=S(=O)([O-])C(F)(F)C(F)(F)C(F)(F)C(F)(F)F.O=S(=O)([O-])C(F)(F)C(F)(F)C(F)(F)C(F)(F)F.[Sn+3][c]1ccccc1. The summed E-state index contributed by atoms with van der Waals surface area (Å²) in [4.78, 5) is 0. The standard InChI is InChI=1S/C6H5.3C4HF9O3S.Sn/c1-2-4-6-5-3-1;3*5-1(6,3(9,10)11)2(7,8)4(12,13)17(14,15)16;/h1-5H;3*(H,14,15,16);/q;;;;+3/p-3. The summed E-state index contributed by atoms with van der Waals surface area (Å²) in [6.45, 7) is 0. The number of hydrogen-bond donors (Lipinski definition) is 0. The van der Waals surface area contributed by atoms with Gasteiger partial charge in [-0.2, -0.15) is 119 Å². The van der Waals surface area contributed by atoms with E-state index in [0.29, 0.717) is 0 Å². The fourth-order valence-electron chi connectivity index (χ4n) is 1.99. The normalized spacial score (nSPS) is 15.2. The molecular formula is C18H5F27O9S3Sn. The van der Waals surface area contributed by atoms with Gasteiger partial charge in [0.05, 0.1) is 0 Å². The van der Waals surface area contributed by atoms with Crippen molar-refractivity contribution in [3.05, 3.63) is 30.3 Å². The Balaban J connectivity index is -0.000000719. The molecule has 0 amide bonds. The fraction of sp³-hybridized carbons (Fsp3) is 0.667. The van der Waals surface area contributed by atoms with Gasteiger partial charge in [0, 0.05) is 0 Å². The summed E-state index contributed by atoms with van der Waals surface area (Å²) in [6, 6.07) is 10.4. The van der Waals surface area contributed by atoms with Gasteiger partial charge < -0.3 is 13.7 Å². The molecule has 0 unspecified atom stereocenters. The quantitative estimate of drug-likeness (QED) is 0.155. The van der Waals surface area contributed by atoms with Crippen molar-refractivity contribution in [1.29, 1.82) is 0 Å². The molecule has 0 aromatic heterocycles. The minimum atomic E-state index is -7.43. The molecule has 0 N–H and O–H groups in total. The number of benzene rings is 1. The molecule has 58 heavy (non-hydrogen) atoms. The van der Waals surface area contributed by atoms with E-state index in [2.05, 4.69) is 24.3 Å². The Bertz CT molecular complexity index is 1670. The molecule has 342 valence electrons. The Morgan fingerprint density at radius 2 is 0.483 bits per heavy atom. The predicted molar refractivity (Wildman–Crippen MR) is 124 cm³/mol. The van der Waals surface area contributed by atoms with Crippen LogP contribution in [0.25, 0.3) is 0 Å². The van der Waals surface area contributed by atoms with Crippen LogP contribution in [0.3, 0.4) is 0 Å². The summed E-state index contributed by atoms with van der Waals surface area (Å²) < 4.78 is 408. The monoisotopic (exact) mass is 1090 g/mol. The van der Waals surface area contributed by atoms with Crippen molar-refractivity contribution in [3.63, 3.8) is 0 Å². The zero-order valence-electron chi connectivity index (χ0n) is 25.0. The molecule has 1 aromatic carbocycles. The summed E-state index contributed by atoms with van der Waals surface area (Å²) >= 11 is 1.49. The second kappa shape index (κ2) is 17.3. The molecule has 0 saturated carbocycles. The zero-order chi connectivity index (χ0) is 48.6. The Kier molecular flexibility index (Phi) is 18.0. The van der Waals surface area contributed by atoms with Gasteiger partial charge in [-0.3, -0.25) is 0 Å². The van der Waals surface area contributed by atoms with Crippen LogP contribution in [0.1, 0.15) is 0 Å². The zero-order valence-corrected chi connectivity index (χ0v) is 30.3. The molecule has 40 heteroatoms. The summed E-state index contributed by atoms with van der Waals surface area (Å²) in [7, 11) is -22.3. The first-order chi connectivity index (χ1) is 24.4. The molecule has 0 heterocycles. The van der Waals surface area contributed by atoms with Crippen molar-refractivity contribution in [1.82, 2.24) is 0 Å². The fourth-order valence-corrected chi connectivity index (χ4v) is 3.87. The van der Waals surface area contributed by atoms with Crippen molar-refractivity contribution in [2.45, 2.75) is 69.8 Å². The molecule has 0 aliphatic rings. The second-order valence-corrected chi connectivity index (χ2v) is 15.1. The van der Waals surface area contributed by atoms with Crippen molar-refractivity contribution in [2.24, 2.45) is 0 Å². The van der Waals surface area contributed by atoms with Crippen molar-refractivity contribution in [2.75, 3.05) is 0 Å². The first-order valence-corrected chi connectivity index (χ1v) is 17.3. The van der Waals surface area contributed by atoms with Crippen LogP contribution in [-0.2, 0) is 30.4 Å². The van der Waals surface area contributed by atoms with Gasteiger partial charge in [-0.1, -0.05) is 0 Å². The van der Waals surface area contributed by atoms with Crippen LogP contribution in [0.5, 0.6) is 0 Å². The van der Waals surface area contributed by atoms with E-state index >= 15 is 0 Å². The first-order valence-electron chi connectivity index (χ1n) is 11.6. The third kappa shape index (κ3) is 11.6. The molecule has 0 atom stereocenters. The van der Waals surface area contributed by atoms with Gasteiger partial charge in [0.1, 0.15) is 0 Å². The van der Waals surface area contributed by atoms with Gasteiger partial charge in [0.2, 0.25) is 0 Å². The number of alkyl halides is 27. The minimum absolute atomic E-state index is 1.41. The van der Waals surface area contributed by atoms with Gasteiger partial charge in [-0.25, -0.2) is 25.3 Å². The van der Waals surface area contributed by atoms with E-state index in [1.807, 2.05) is 6.07 Å². The van der Waals surface area contributed by atoms with E-state index in [1.165, 1.54) is 26.1 Å². The molecule has 0 fully saturated rings. The average molecular weight is 1090 g/mol. The summed E-state index contributed by atoms with van der Waals surface area (Å²) in [5, 5.41) is -21.3. The molecule has 1 rings (SSSR count). The van der Waals surface area contributed by atoms with Gasteiger partial charge >= 0.3 is 126 Å². The van der Waals surface area contributed by atoms with Crippen molar-refractivity contribution >= 4 is 56.5 Å². The van der Waals surface area contributed by atoms with Crippen LogP contribution in [0, 0.1) is 0 Å². The van der Waals surface area contributed by atoms with E-state index in [0.717, 1.165) is 0 Å². The van der Waals surface area contributed by atoms with Gasteiger partial charge in [0.15, 0.2) is 30.4 Å². The number of rotatable bonds is 9. The number of halogens is 27. The van der Waals surface area contributed by atoms with Crippen LogP contribution < -0.4 is 3.58 Å². The predicted octanol–water partition coefficient (Wildman–Crippen LogP) is 6.35. The van der Waals surface area contributed by atoms with Crippen LogP contribution in [0.2, 0.25) is 0 Å². The molecule has 0 saturated heterocycles. The van der Waals surface area contributed by atoms with Crippen LogP contribution in [-0.4, -0.2) is 131 Å². The van der Waals surface area contributed by atoms with Crippen LogP contribution in [0.4, 0.5) is 119 Å². The third-order valence-electron chi connectivity index (χ3n) is 5.06. The van der Waals surface area contributed by atoms with E-state index in [-0.39, 0.29) is 0 Å². The van der Waals surface area contributed by atoms with Crippen LogP contribution >= 0.6 is 0 Å². The van der Waals surface area contributed by atoms with E-state index < -0.39 is 100 Å². The molecular weight excluding hydrogens is 1090 g/mol. The molecule has 0 spiro atoms.